The van der Waals surface area contributed by atoms with Crippen LogP contribution in [0.15, 0.2) is 29.2 Å². The SMILES string of the molecule is CSc1ccc(C2(C3(C#N)CC3)COC2)cc1. The van der Waals surface area contributed by atoms with Gasteiger partial charge in [-0.25, -0.2) is 0 Å². The van der Waals surface area contributed by atoms with E-state index in [4.69, 9.17) is 4.74 Å². The van der Waals surface area contributed by atoms with Gasteiger partial charge in [0.1, 0.15) is 0 Å². The van der Waals surface area contributed by atoms with Crippen LogP contribution in [0.2, 0.25) is 0 Å². The van der Waals surface area contributed by atoms with Crippen molar-refractivity contribution in [2.45, 2.75) is 23.2 Å². The average Bonchev–Trinajstić information content (AvgIpc) is 3.10. The molecule has 1 heterocycles. The molecule has 0 atom stereocenters. The normalized spacial score (nSPS) is 23.5. The Labute approximate surface area is 106 Å². The summed E-state index contributed by atoms with van der Waals surface area (Å²) in [6.07, 6.45) is 4.13. The minimum atomic E-state index is -0.147. The molecule has 88 valence electrons. The number of nitriles is 1. The molecule has 3 heteroatoms. The van der Waals surface area contributed by atoms with Crippen LogP contribution < -0.4 is 0 Å². The largest absolute Gasteiger partial charge is 0.379 e. The number of hydrogen-bond acceptors (Lipinski definition) is 3. The molecule has 1 aliphatic carbocycles. The Morgan fingerprint density at radius 1 is 1.24 bits per heavy atom. The molecule has 17 heavy (non-hydrogen) atoms. The average molecular weight is 245 g/mol. The van der Waals surface area contributed by atoms with Gasteiger partial charge in [-0.15, -0.1) is 11.8 Å². The van der Waals surface area contributed by atoms with Gasteiger partial charge in [0.15, 0.2) is 0 Å². The van der Waals surface area contributed by atoms with Crippen LogP contribution in [0.25, 0.3) is 0 Å². The summed E-state index contributed by atoms with van der Waals surface area (Å²) in [5.41, 5.74) is 1.10. The van der Waals surface area contributed by atoms with E-state index in [0.717, 1.165) is 12.8 Å². The summed E-state index contributed by atoms with van der Waals surface area (Å²) in [7, 11) is 0. The summed E-state index contributed by atoms with van der Waals surface area (Å²) in [5.74, 6) is 0. The van der Waals surface area contributed by atoms with Crippen molar-refractivity contribution in [3.63, 3.8) is 0 Å². The van der Waals surface area contributed by atoms with Gasteiger partial charge in [0.2, 0.25) is 0 Å². The van der Waals surface area contributed by atoms with Crippen molar-refractivity contribution in [2.75, 3.05) is 19.5 Å². The fourth-order valence-corrected chi connectivity index (χ4v) is 3.17. The smallest absolute Gasteiger partial charge is 0.0716 e. The quantitative estimate of drug-likeness (QED) is 0.767. The molecular formula is C14H15NOS. The van der Waals surface area contributed by atoms with Crippen LogP contribution in [0.5, 0.6) is 0 Å². The van der Waals surface area contributed by atoms with Gasteiger partial charge in [-0.3, -0.25) is 0 Å². The van der Waals surface area contributed by atoms with Crippen LogP contribution in [0, 0.1) is 16.7 Å². The van der Waals surface area contributed by atoms with Crippen LogP contribution in [0.3, 0.4) is 0 Å². The monoisotopic (exact) mass is 245 g/mol. The van der Waals surface area contributed by atoms with Gasteiger partial charge in [0, 0.05) is 4.90 Å². The Balaban J connectivity index is 1.98. The predicted octanol–water partition coefficient (Wildman–Crippen LogP) is 2.98. The third-order valence-corrected chi connectivity index (χ3v) is 4.96. The second-order valence-corrected chi connectivity index (χ2v) is 5.88. The summed E-state index contributed by atoms with van der Waals surface area (Å²) in [6, 6.07) is 11.2. The van der Waals surface area contributed by atoms with E-state index in [2.05, 4.69) is 36.6 Å². The van der Waals surface area contributed by atoms with Crippen LogP contribution >= 0.6 is 11.8 Å². The molecule has 1 saturated carbocycles. The van der Waals surface area contributed by atoms with Crippen LogP contribution in [0.4, 0.5) is 0 Å². The molecule has 1 aromatic rings. The fraction of sp³-hybridized carbons (Fsp3) is 0.500. The highest BCUT2D eigenvalue weighted by atomic mass is 32.2. The number of hydrogen-bond donors (Lipinski definition) is 0. The van der Waals surface area contributed by atoms with Crippen molar-refractivity contribution in [2.24, 2.45) is 5.41 Å². The van der Waals surface area contributed by atoms with Crippen molar-refractivity contribution < 1.29 is 4.74 Å². The number of benzene rings is 1. The molecule has 0 unspecified atom stereocenters. The first-order chi connectivity index (χ1) is 8.26. The lowest BCUT2D eigenvalue weighted by Gasteiger charge is -2.45. The standard InChI is InChI=1S/C14H15NOS/c1-17-12-4-2-11(3-5-12)14(9-16-10-14)13(8-15)6-7-13/h2-5H,6-7,9-10H2,1H3. The summed E-state index contributed by atoms with van der Waals surface area (Å²) in [5, 5.41) is 9.41. The van der Waals surface area contributed by atoms with Crippen molar-refractivity contribution in [3.8, 4) is 6.07 Å². The summed E-state index contributed by atoms with van der Waals surface area (Å²) < 4.78 is 5.42. The third kappa shape index (κ3) is 1.44. The molecule has 1 saturated heterocycles. The molecule has 1 aromatic carbocycles. The molecule has 1 aliphatic heterocycles. The van der Waals surface area contributed by atoms with Gasteiger partial charge in [-0.05, 0) is 36.8 Å². The maximum absolute atomic E-state index is 9.41. The third-order valence-electron chi connectivity index (χ3n) is 4.22. The van der Waals surface area contributed by atoms with Crippen molar-refractivity contribution >= 4 is 11.8 Å². The van der Waals surface area contributed by atoms with E-state index < -0.39 is 0 Å². The Hall–Kier alpha value is -0.980. The van der Waals surface area contributed by atoms with Gasteiger partial charge < -0.3 is 4.74 Å². The van der Waals surface area contributed by atoms with Gasteiger partial charge >= 0.3 is 0 Å². The van der Waals surface area contributed by atoms with Crippen molar-refractivity contribution in [3.05, 3.63) is 29.8 Å². The molecule has 3 rings (SSSR count). The van der Waals surface area contributed by atoms with Gasteiger partial charge in [0.05, 0.1) is 30.1 Å². The molecule has 0 bridgehead atoms. The number of thioether (sulfide) groups is 1. The molecule has 2 aliphatic rings. The topological polar surface area (TPSA) is 33.0 Å². The first-order valence-electron chi connectivity index (χ1n) is 5.90. The molecule has 2 nitrogen and oxygen atoms in total. The van der Waals surface area contributed by atoms with E-state index in [1.165, 1.54) is 10.5 Å². The number of ether oxygens (including phenoxy) is 1. The van der Waals surface area contributed by atoms with Gasteiger partial charge in [-0.1, -0.05) is 12.1 Å². The van der Waals surface area contributed by atoms with Crippen LogP contribution in [-0.2, 0) is 10.2 Å². The number of rotatable bonds is 3. The van der Waals surface area contributed by atoms with E-state index in [0.29, 0.717) is 13.2 Å². The highest BCUT2D eigenvalue weighted by molar-refractivity contribution is 7.98. The molecule has 0 amide bonds. The fourth-order valence-electron chi connectivity index (χ4n) is 2.76. The van der Waals surface area contributed by atoms with Gasteiger partial charge in [-0.2, -0.15) is 5.26 Å². The lowest BCUT2D eigenvalue weighted by Crippen LogP contribution is -2.53. The van der Waals surface area contributed by atoms with E-state index in [-0.39, 0.29) is 10.8 Å². The summed E-state index contributed by atoms with van der Waals surface area (Å²) in [4.78, 5) is 1.27. The zero-order valence-electron chi connectivity index (χ0n) is 9.90. The predicted molar refractivity (Wildman–Crippen MR) is 68.0 cm³/mol. The maximum Gasteiger partial charge on any atom is 0.0716 e. The van der Waals surface area contributed by atoms with E-state index in [1.807, 2.05) is 0 Å². The van der Waals surface area contributed by atoms with Crippen LogP contribution in [-0.4, -0.2) is 19.5 Å². The molecule has 0 radical (unpaired) electrons. The van der Waals surface area contributed by atoms with Crippen molar-refractivity contribution in [1.82, 2.24) is 0 Å². The van der Waals surface area contributed by atoms with E-state index in [1.54, 1.807) is 11.8 Å². The number of nitrogens with zero attached hydrogens (tertiary/aromatic N) is 1. The molecular weight excluding hydrogens is 230 g/mol. The second-order valence-electron chi connectivity index (χ2n) is 5.00. The molecule has 0 N–H and O–H groups in total. The Kier molecular flexibility index (Phi) is 2.46. The van der Waals surface area contributed by atoms with Crippen LogP contribution in [0.1, 0.15) is 18.4 Å². The van der Waals surface area contributed by atoms with E-state index in [9.17, 15) is 5.26 Å². The molecule has 2 fully saturated rings. The first-order valence-corrected chi connectivity index (χ1v) is 7.12. The van der Waals surface area contributed by atoms with Gasteiger partial charge in [0.25, 0.3) is 0 Å². The highest BCUT2D eigenvalue weighted by Crippen LogP contribution is 2.62. The molecule has 0 aromatic heterocycles. The zero-order chi connectivity index (χ0) is 11.9. The Morgan fingerprint density at radius 2 is 1.88 bits per heavy atom. The zero-order valence-corrected chi connectivity index (χ0v) is 10.7. The lowest BCUT2D eigenvalue weighted by atomic mass is 9.67. The highest BCUT2D eigenvalue weighted by Gasteiger charge is 2.64. The minimum absolute atomic E-state index is 0.0291. The minimum Gasteiger partial charge on any atom is -0.379 e. The first kappa shape index (κ1) is 11.1. The summed E-state index contributed by atoms with van der Waals surface area (Å²) in [6.45, 7) is 1.42. The summed E-state index contributed by atoms with van der Waals surface area (Å²) >= 11 is 1.75. The molecule has 0 spiro atoms. The van der Waals surface area contributed by atoms with Crippen molar-refractivity contribution in [1.29, 1.82) is 5.26 Å². The lowest BCUT2D eigenvalue weighted by molar-refractivity contribution is -0.0867. The Morgan fingerprint density at radius 3 is 2.24 bits per heavy atom. The maximum atomic E-state index is 9.41. The second kappa shape index (κ2) is 3.76. The Bertz CT molecular complexity index is 466. The van der Waals surface area contributed by atoms with E-state index >= 15 is 0 Å².